The molecule has 0 amide bonds. The van der Waals surface area contributed by atoms with Crippen LogP contribution >= 0.6 is 0 Å². The molecule has 1 N–H and O–H groups in total. The number of aromatic nitrogens is 1. The number of hydrogen-bond donors (Lipinski definition) is 1. The number of benzene rings is 3. The zero-order valence-corrected chi connectivity index (χ0v) is 14.6. The topological polar surface area (TPSA) is 54.6 Å². The van der Waals surface area contributed by atoms with E-state index < -0.39 is 5.97 Å². The molecule has 4 aromatic rings. The Labute approximate surface area is 157 Å². The molecule has 4 heteroatoms. The highest BCUT2D eigenvalue weighted by Crippen LogP contribution is 2.23. The molecule has 0 atom stereocenters. The fourth-order valence-corrected chi connectivity index (χ4v) is 3.20. The van der Waals surface area contributed by atoms with E-state index in [1.54, 1.807) is 30.5 Å². The van der Waals surface area contributed by atoms with Gasteiger partial charge in [-0.2, -0.15) is 0 Å². The van der Waals surface area contributed by atoms with Crippen LogP contribution in [0.2, 0.25) is 0 Å². The molecule has 1 heterocycles. The molecule has 3 aromatic carbocycles. The van der Waals surface area contributed by atoms with E-state index in [0.717, 1.165) is 23.0 Å². The van der Waals surface area contributed by atoms with Gasteiger partial charge in [0.15, 0.2) is 0 Å². The average Bonchev–Trinajstić information content (AvgIpc) is 3.05. The minimum absolute atomic E-state index is 0.196. The maximum Gasteiger partial charge on any atom is 0.337 e. The Hall–Kier alpha value is -3.66. The minimum Gasteiger partial charge on any atom is -0.478 e. The van der Waals surface area contributed by atoms with Crippen LogP contribution in [0.3, 0.4) is 0 Å². The van der Waals surface area contributed by atoms with Gasteiger partial charge in [-0.25, -0.2) is 4.79 Å². The quantitative estimate of drug-likeness (QED) is 0.505. The van der Waals surface area contributed by atoms with E-state index >= 15 is 0 Å². The van der Waals surface area contributed by atoms with Crippen molar-refractivity contribution in [3.63, 3.8) is 0 Å². The summed E-state index contributed by atoms with van der Waals surface area (Å²) in [7, 11) is 0. The van der Waals surface area contributed by atoms with Gasteiger partial charge in [-0.05, 0) is 23.8 Å². The number of aromatic carboxylic acids is 1. The normalized spacial score (nSPS) is 11.3. The van der Waals surface area contributed by atoms with Crippen LogP contribution in [0.15, 0.2) is 90.1 Å². The van der Waals surface area contributed by atoms with E-state index in [1.165, 1.54) is 5.56 Å². The van der Waals surface area contributed by atoms with Gasteiger partial charge < -0.3 is 9.67 Å². The van der Waals surface area contributed by atoms with Crippen LogP contribution in [0.25, 0.3) is 10.9 Å². The van der Waals surface area contributed by atoms with Gasteiger partial charge in [-0.3, -0.25) is 4.99 Å². The number of carboxylic acids is 1. The summed E-state index contributed by atoms with van der Waals surface area (Å²) in [6.07, 6.45) is 3.80. The predicted molar refractivity (Wildman–Crippen MR) is 108 cm³/mol. The molecule has 0 bridgehead atoms. The number of carboxylic acid groups (broad SMARTS) is 1. The molecule has 0 aliphatic heterocycles. The fraction of sp³-hybridized carbons (Fsp3) is 0.0435. The lowest BCUT2D eigenvalue weighted by molar-refractivity contribution is 0.0698. The summed E-state index contributed by atoms with van der Waals surface area (Å²) in [5.41, 5.74) is 3.95. The van der Waals surface area contributed by atoms with Crippen molar-refractivity contribution in [2.75, 3.05) is 0 Å². The summed E-state index contributed by atoms with van der Waals surface area (Å²) < 4.78 is 2.19. The molecule has 0 fully saturated rings. The second kappa shape index (κ2) is 7.30. The smallest absolute Gasteiger partial charge is 0.337 e. The molecule has 0 saturated carbocycles. The van der Waals surface area contributed by atoms with E-state index in [0.29, 0.717) is 5.69 Å². The van der Waals surface area contributed by atoms with Crippen LogP contribution in [-0.4, -0.2) is 21.9 Å². The first kappa shape index (κ1) is 16.8. The van der Waals surface area contributed by atoms with Crippen LogP contribution < -0.4 is 0 Å². The van der Waals surface area contributed by atoms with E-state index in [-0.39, 0.29) is 5.56 Å². The van der Waals surface area contributed by atoms with Crippen molar-refractivity contribution in [1.82, 2.24) is 4.57 Å². The summed E-state index contributed by atoms with van der Waals surface area (Å²) in [5, 5.41) is 10.4. The molecule has 1 aromatic heterocycles. The third-order valence-corrected chi connectivity index (χ3v) is 4.49. The molecule has 0 spiro atoms. The lowest BCUT2D eigenvalue weighted by atomic mass is 10.1. The van der Waals surface area contributed by atoms with Gasteiger partial charge in [0.05, 0.1) is 11.3 Å². The van der Waals surface area contributed by atoms with Crippen molar-refractivity contribution in [2.45, 2.75) is 6.54 Å². The van der Waals surface area contributed by atoms with Crippen molar-refractivity contribution in [3.8, 4) is 0 Å². The van der Waals surface area contributed by atoms with Crippen LogP contribution in [-0.2, 0) is 6.54 Å². The summed E-state index contributed by atoms with van der Waals surface area (Å²) in [4.78, 5) is 15.8. The Balaban J connectivity index is 1.74. The summed E-state index contributed by atoms with van der Waals surface area (Å²) >= 11 is 0. The van der Waals surface area contributed by atoms with Gasteiger partial charge in [-0.15, -0.1) is 0 Å². The monoisotopic (exact) mass is 354 g/mol. The molecule has 27 heavy (non-hydrogen) atoms. The highest BCUT2D eigenvalue weighted by molar-refractivity contribution is 6.01. The molecule has 132 valence electrons. The Morgan fingerprint density at radius 2 is 1.63 bits per heavy atom. The first-order valence-corrected chi connectivity index (χ1v) is 8.70. The Morgan fingerprint density at radius 1 is 0.926 bits per heavy atom. The maximum absolute atomic E-state index is 11.4. The van der Waals surface area contributed by atoms with E-state index in [1.807, 2.05) is 30.3 Å². The first-order valence-electron chi connectivity index (χ1n) is 8.70. The molecular weight excluding hydrogens is 336 g/mol. The van der Waals surface area contributed by atoms with Gasteiger partial charge in [0.25, 0.3) is 0 Å². The standard InChI is InChI=1S/C23H18N2O2/c26-23(27)20-11-4-6-12-21(20)24-14-18-16-25(15-17-8-2-1-3-9-17)22-13-7-5-10-19(18)22/h1-14,16H,15H2,(H,26,27). The predicted octanol–water partition coefficient (Wildman–Crippen LogP) is 5.14. The Bertz CT molecular complexity index is 1130. The van der Waals surface area contributed by atoms with Crippen LogP contribution in [0, 0.1) is 0 Å². The highest BCUT2D eigenvalue weighted by Gasteiger charge is 2.09. The van der Waals surface area contributed by atoms with E-state index in [9.17, 15) is 9.90 Å². The number of aliphatic imine (C=N–C) groups is 1. The number of carbonyl (C=O) groups is 1. The van der Waals surface area contributed by atoms with Crippen LogP contribution in [0.4, 0.5) is 5.69 Å². The number of para-hydroxylation sites is 2. The summed E-state index contributed by atoms with van der Waals surface area (Å²) in [6.45, 7) is 0.765. The third-order valence-electron chi connectivity index (χ3n) is 4.49. The van der Waals surface area contributed by atoms with Crippen molar-refractivity contribution >= 4 is 28.8 Å². The SMILES string of the molecule is O=C(O)c1ccccc1N=Cc1cn(Cc2ccccc2)c2ccccc12. The molecule has 0 unspecified atom stereocenters. The molecule has 4 nitrogen and oxygen atoms in total. The molecule has 0 saturated heterocycles. The minimum atomic E-state index is -0.978. The van der Waals surface area contributed by atoms with Crippen molar-refractivity contribution in [2.24, 2.45) is 4.99 Å². The highest BCUT2D eigenvalue weighted by atomic mass is 16.4. The lowest BCUT2D eigenvalue weighted by Gasteiger charge is -2.05. The Morgan fingerprint density at radius 3 is 2.44 bits per heavy atom. The van der Waals surface area contributed by atoms with Crippen LogP contribution in [0.5, 0.6) is 0 Å². The van der Waals surface area contributed by atoms with E-state index in [2.05, 4.69) is 40.0 Å². The van der Waals surface area contributed by atoms with Gasteiger partial charge in [0.1, 0.15) is 0 Å². The number of fused-ring (bicyclic) bond motifs is 1. The zero-order chi connectivity index (χ0) is 18.6. The van der Waals surface area contributed by atoms with E-state index in [4.69, 9.17) is 0 Å². The largest absolute Gasteiger partial charge is 0.478 e. The lowest BCUT2D eigenvalue weighted by Crippen LogP contribution is -1.97. The second-order valence-electron chi connectivity index (χ2n) is 6.30. The Kier molecular flexibility index (Phi) is 4.54. The fourth-order valence-electron chi connectivity index (χ4n) is 3.20. The van der Waals surface area contributed by atoms with Crippen molar-refractivity contribution < 1.29 is 9.90 Å². The van der Waals surface area contributed by atoms with Gasteiger partial charge in [0, 0.05) is 35.4 Å². The van der Waals surface area contributed by atoms with Gasteiger partial charge >= 0.3 is 5.97 Å². The average molecular weight is 354 g/mol. The second-order valence-corrected chi connectivity index (χ2v) is 6.30. The number of rotatable bonds is 5. The van der Waals surface area contributed by atoms with Crippen molar-refractivity contribution in [3.05, 3.63) is 102 Å². The zero-order valence-electron chi connectivity index (χ0n) is 14.6. The molecule has 0 aliphatic carbocycles. The van der Waals surface area contributed by atoms with Crippen LogP contribution in [0.1, 0.15) is 21.5 Å². The maximum atomic E-state index is 11.4. The summed E-state index contributed by atoms with van der Waals surface area (Å²) in [6, 6.07) is 25.2. The van der Waals surface area contributed by atoms with Gasteiger partial charge in [0.2, 0.25) is 0 Å². The molecule has 0 radical (unpaired) electrons. The third kappa shape index (κ3) is 3.51. The van der Waals surface area contributed by atoms with Crippen molar-refractivity contribution in [1.29, 1.82) is 0 Å². The number of hydrogen-bond acceptors (Lipinski definition) is 2. The molecule has 0 aliphatic rings. The summed E-state index contributed by atoms with van der Waals surface area (Å²) in [5.74, 6) is -0.978. The van der Waals surface area contributed by atoms with Gasteiger partial charge in [-0.1, -0.05) is 60.7 Å². The molecule has 4 rings (SSSR count). The first-order chi connectivity index (χ1) is 13.2. The number of nitrogens with zero attached hydrogens (tertiary/aromatic N) is 2. The molecular formula is C23H18N2O2.